The van der Waals surface area contributed by atoms with Crippen LogP contribution in [0.15, 0.2) is 54.6 Å². The fourth-order valence-electron chi connectivity index (χ4n) is 5.21. The molecule has 1 aliphatic carbocycles. The molecule has 0 bridgehead atoms. The van der Waals surface area contributed by atoms with Crippen LogP contribution in [-0.2, 0) is 12.8 Å². The zero-order valence-corrected chi connectivity index (χ0v) is 18.3. The van der Waals surface area contributed by atoms with E-state index in [4.69, 9.17) is 9.97 Å². The molecule has 3 aromatic heterocycles. The van der Waals surface area contributed by atoms with Gasteiger partial charge in [0.15, 0.2) is 11.5 Å². The highest BCUT2D eigenvalue weighted by Crippen LogP contribution is 2.34. The van der Waals surface area contributed by atoms with E-state index in [9.17, 15) is 0 Å². The summed E-state index contributed by atoms with van der Waals surface area (Å²) < 4.78 is 0. The van der Waals surface area contributed by atoms with E-state index in [0.29, 0.717) is 0 Å². The van der Waals surface area contributed by atoms with Gasteiger partial charge in [0.05, 0.1) is 22.2 Å². The van der Waals surface area contributed by atoms with Crippen molar-refractivity contribution >= 4 is 27.6 Å². The van der Waals surface area contributed by atoms with Gasteiger partial charge in [-0.25, -0.2) is 9.97 Å². The van der Waals surface area contributed by atoms with Crippen molar-refractivity contribution in [2.75, 3.05) is 13.1 Å². The molecule has 1 aliphatic heterocycles. The van der Waals surface area contributed by atoms with Gasteiger partial charge in [-0.15, -0.1) is 0 Å². The van der Waals surface area contributed by atoms with Crippen LogP contribution in [0.5, 0.6) is 0 Å². The number of fused-ring (bicyclic) bond motifs is 3. The quantitative estimate of drug-likeness (QED) is 0.373. The summed E-state index contributed by atoms with van der Waals surface area (Å²) in [6.07, 6.45) is 6.83. The second-order valence-electron chi connectivity index (χ2n) is 8.97. The Morgan fingerprint density at radius 3 is 2.73 bits per heavy atom. The molecule has 0 unspecified atom stereocenters. The maximum absolute atomic E-state index is 5.01. The molecule has 0 amide bonds. The Morgan fingerprint density at radius 1 is 0.818 bits per heavy atom. The Bertz CT molecular complexity index is 1550. The summed E-state index contributed by atoms with van der Waals surface area (Å²) in [6.45, 7) is 1.88. The topological polar surface area (TPSA) is 82.3 Å². The van der Waals surface area contributed by atoms with E-state index in [1.54, 1.807) is 0 Å². The number of para-hydroxylation sites is 1. The number of H-pyrrole nitrogens is 2. The first-order valence-corrected chi connectivity index (χ1v) is 11.7. The van der Waals surface area contributed by atoms with Crippen molar-refractivity contribution in [2.24, 2.45) is 0 Å². The first-order chi connectivity index (χ1) is 16.3. The van der Waals surface area contributed by atoms with Gasteiger partial charge < -0.3 is 10.3 Å². The largest absolute Gasteiger partial charge is 0.336 e. The van der Waals surface area contributed by atoms with Gasteiger partial charge in [0.1, 0.15) is 5.52 Å². The van der Waals surface area contributed by atoms with Gasteiger partial charge in [0.25, 0.3) is 0 Å². The van der Waals surface area contributed by atoms with Crippen LogP contribution < -0.4 is 5.32 Å². The first kappa shape index (κ1) is 18.8. The monoisotopic (exact) mass is 432 g/mol. The molecular weight excluding hydrogens is 408 g/mol. The molecule has 0 radical (unpaired) electrons. The Labute approximate surface area is 191 Å². The number of benzene rings is 2. The molecule has 7 rings (SSSR count). The van der Waals surface area contributed by atoms with E-state index in [1.807, 2.05) is 0 Å². The van der Waals surface area contributed by atoms with E-state index in [0.717, 1.165) is 64.4 Å². The van der Waals surface area contributed by atoms with Crippen molar-refractivity contribution in [1.29, 1.82) is 0 Å². The van der Waals surface area contributed by atoms with Crippen molar-refractivity contribution in [3.63, 3.8) is 0 Å². The molecule has 2 aromatic carbocycles. The van der Waals surface area contributed by atoms with E-state index >= 15 is 0 Å². The molecule has 2 aliphatic rings. The van der Waals surface area contributed by atoms with Crippen LogP contribution in [0.3, 0.4) is 0 Å². The lowest BCUT2D eigenvalue weighted by molar-refractivity contribution is 0.737. The van der Waals surface area contributed by atoms with Crippen LogP contribution in [0.2, 0.25) is 0 Å². The van der Waals surface area contributed by atoms with Crippen LogP contribution in [-0.4, -0.2) is 38.2 Å². The maximum atomic E-state index is 5.01. The number of pyridine rings is 1. The number of hydrogen-bond acceptors (Lipinski definition) is 4. The minimum Gasteiger partial charge on any atom is -0.336 e. The molecule has 162 valence electrons. The Morgan fingerprint density at radius 2 is 1.79 bits per heavy atom. The lowest BCUT2D eigenvalue weighted by Gasteiger charge is -2.13. The number of aromatic amines is 2. The van der Waals surface area contributed by atoms with Crippen LogP contribution in [0, 0.1) is 0 Å². The van der Waals surface area contributed by atoms with Gasteiger partial charge in [-0.2, -0.15) is 5.10 Å². The number of nitrogens with one attached hydrogen (secondary N) is 3. The van der Waals surface area contributed by atoms with Crippen LogP contribution in [0.25, 0.3) is 50.3 Å². The highest BCUT2D eigenvalue weighted by molar-refractivity contribution is 5.96. The lowest BCUT2D eigenvalue weighted by atomic mass is 9.99. The van der Waals surface area contributed by atoms with Crippen molar-refractivity contribution in [2.45, 2.75) is 25.7 Å². The molecule has 3 N–H and O–H groups in total. The molecule has 0 atom stereocenters. The SMILES string of the molecule is C1=C(c2ccc3[nH]nc(-c4nc5c(-c6ccc7c(c6)CCC7)cccc5[nH]4)c3n2)CCNC1. The molecular formula is C27H24N6. The van der Waals surface area contributed by atoms with Gasteiger partial charge >= 0.3 is 0 Å². The van der Waals surface area contributed by atoms with Crippen LogP contribution >= 0.6 is 0 Å². The van der Waals surface area contributed by atoms with Crippen molar-refractivity contribution in [3.8, 4) is 22.6 Å². The molecule has 0 saturated heterocycles. The zero-order valence-electron chi connectivity index (χ0n) is 18.3. The number of aryl methyl sites for hydroxylation is 2. The predicted octanol–water partition coefficient (Wildman–Crippen LogP) is 5.03. The Hall–Kier alpha value is -3.77. The highest BCUT2D eigenvalue weighted by Gasteiger charge is 2.18. The highest BCUT2D eigenvalue weighted by atomic mass is 15.1. The van der Waals surface area contributed by atoms with Crippen molar-refractivity contribution < 1.29 is 0 Å². The minimum atomic E-state index is 0.744. The normalized spacial score (nSPS) is 15.8. The number of hydrogen-bond donors (Lipinski definition) is 3. The standard InChI is InChI=1S/C27H24N6/c1-3-16-7-8-19(15-18(16)4-1)20-5-2-6-22-24(20)31-27(30-22)26-25-23(32-33-26)10-9-21(29-25)17-11-13-28-14-12-17/h2,5-11,15,28H,1,3-4,12-14H2,(H,30,31)(H,32,33). The van der Waals surface area contributed by atoms with Gasteiger partial charge in [-0.1, -0.05) is 36.4 Å². The maximum Gasteiger partial charge on any atom is 0.161 e. The molecule has 5 aromatic rings. The van der Waals surface area contributed by atoms with Crippen molar-refractivity contribution in [1.82, 2.24) is 30.5 Å². The van der Waals surface area contributed by atoms with Crippen molar-refractivity contribution in [3.05, 3.63) is 71.4 Å². The third kappa shape index (κ3) is 3.09. The van der Waals surface area contributed by atoms with E-state index < -0.39 is 0 Å². The number of aromatic nitrogens is 5. The van der Waals surface area contributed by atoms with Gasteiger partial charge in [-0.05, 0) is 72.7 Å². The van der Waals surface area contributed by atoms with Gasteiger partial charge in [0, 0.05) is 12.1 Å². The Kier molecular flexibility index (Phi) is 4.20. The summed E-state index contributed by atoms with van der Waals surface area (Å²) in [5, 5.41) is 11.1. The van der Waals surface area contributed by atoms with E-state index in [-0.39, 0.29) is 0 Å². The smallest absolute Gasteiger partial charge is 0.161 e. The summed E-state index contributed by atoms with van der Waals surface area (Å²) in [5.74, 6) is 0.744. The fourth-order valence-corrected chi connectivity index (χ4v) is 5.21. The average molecular weight is 433 g/mol. The minimum absolute atomic E-state index is 0.744. The lowest BCUT2D eigenvalue weighted by Crippen LogP contribution is -2.20. The molecule has 4 heterocycles. The first-order valence-electron chi connectivity index (χ1n) is 11.7. The average Bonchev–Trinajstić information content (AvgIpc) is 3.60. The van der Waals surface area contributed by atoms with E-state index in [2.05, 4.69) is 75.1 Å². The van der Waals surface area contributed by atoms with Gasteiger partial charge in [0.2, 0.25) is 0 Å². The molecule has 0 fully saturated rings. The number of nitrogens with zero attached hydrogens (tertiary/aromatic N) is 3. The third-order valence-electron chi connectivity index (χ3n) is 6.95. The molecule has 0 spiro atoms. The molecule has 6 heteroatoms. The van der Waals surface area contributed by atoms with Gasteiger partial charge in [-0.3, -0.25) is 5.10 Å². The number of imidazole rings is 1. The summed E-state index contributed by atoms with van der Waals surface area (Å²) in [7, 11) is 0. The Balaban J connectivity index is 1.35. The zero-order chi connectivity index (χ0) is 21.8. The predicted molar refractivity (Wildman–Crippen MR) is 132 cm³/mol. The fraction of sp³-hybridized carbons (Fsp3) is 0.222. The van der Waals surface area contributed by atoms with E-state index in [1.165, 1.54) is 41.5 Å². The summed E-state index contributed by atoms with van der Waals surface area (Å²) in [5.41, 5.74) is 12.2. The summed E-state index contributed by atoms with van der Waals surface area (Å²) in [4.78, 5) is 13.5. The molecule has 33 heavy (non-hydrogen) atoms. The third-order valence-corrected chi connectivity index (χ3v) is 6.95. The van der Waals surface area contributed by atoms with Crippen LogP contribution in [0.4, 0.5) is 0 Å². The van der Waals surface area contributed by atoms with Crippen LogP contribution in [0.1, 0.15) is 29.7 Å². The summed E-state index contributed by atoms with van der Waals surface area (Å²) in [6, 6.07) is 17.3. The number of rotatable bonds is 3. The second kappa shape index (κ2) is 7.39. The molecule has 6 nitrogen and oxygen atoms in total. The molecule has 0 saturated carbocycles. The second-order valence-corrected chi connectivity index (χ2v) is 8.97. The summed E-state index contributed by atoms with van der Waals surface area (Å²) >= 11 is 0.